The summed E-state index contributed by atoms with van der Waals surface area (Å²) in [5, 5.41) is 13.1. The highest BCUT2D eigenvalue weighted by Gasteiger charge is 2.47. The lowest BCUT2D eigenvalue weighted by molar-refractivity contribution is 0.0695. The van der Waals surface area contributed by atoms with Crippen LogP contribution >= 0.6 is 0 Å². The van der Waals surface area contributed by atoms with Gasteiger partial charge in [0.2, 0.25) is 0 Å². The number of urea groups is 1. The van der Waals surface area contributed by atoms with Gasteiger partial charge in [0.1, 0.15) is 5.75 Å². The van der Waals surface area contributed by atoms with E-state index in [9.17, 15) is 9.90 Å². The third kappa shape index (κ3) is 2.90. The molecule has 1 aliphatic carbocycles. The molecule has 1 saturated heterocycles. The number of aliphatic hydroxyl groups excluding tert-OH is 1. The van der Waals surface area contributed by atoms with E-state index in [1.807, 2.05) is 26.0 Å². The maximum atomic E-state index is 12.5. The van der Waals surface area contributed by atoms with E-state index in [1.54, 1.807) is 12.0 Å². The molecule has 3 rings (SSSR count). The molecule has 1 unspecified atom stereocenters. The van der Waals surface area contributed by atoms with Gasteiger partial charge in [-0.05, 0) is 50.8 Å². The fraction of sp³-hybridized carbons (Fsp3) is 0.611. The summed E-state index contributed by atoms with van der Waals surface area (Å²) in [4.78, 5) is 14.3. The van der Waals surface area contributed by atoms with Gasteiger partial charge in [0, 0.05) is 18.5 Å². The number of nitrogens with zero attached hydrogens (tertiary/aromatic N) is 1. The van der Waals surface area contributed by atoms with Crippen LogP contribution in [0.4, 0.5) is 4.79 Å². The van der Waals surface area contributed by atoms with Gasteiger partial charge in [-0.3, -0.25) is 0 Å². The number of carbonyl (C=O) groups is 1. The Balaban J connectivity index is 1.65. The molecule has 0 radical (unpaired) electrons. The van der Waals surface area contributed by atoms with Crippen LogP contribution in [-0.2, 0) is 5.41 Å². The van der Waals surface area contributed by atoms with Crippen molar-refractivity contribution in [3.8, 4) is 5.75 Å². The lowest BCUT2D eigenvalue weighted by atomic mass is 9.95. The van der Waals surface area contributed by atoms with E-state index in [0.717, 1.165) is 18.6 Å². The maximum Gasteiger partial charge on any atom is 0.317 e. The number of hydrogen-bond donors (Lipinski definition) is 2. The summed E-state index contributed by atoms with van der Waals surface area (Å²) < 4.78 is 5.30. The second-order valence-corrected chi connectivity index (χ2v) is 7.28. The highest BCUT2D eigenvalue weighted by Crippen LogP contribution is 2.48. The molecule has 1 aromatic carbocycles. The molecule has 1 aliphatic heterocycles. The van der Waals surface area contributed by atoms with Crippen LogP contribution in [0.25, 0.3) is 0 Å². The van der Waals surface area contributed by atoms with E-state index in [-0.39, 0.29) is 11.4 Å². The molecular formula is C18H26N2O3. The number of benzene rings is 1. The Morgan fingerprint density at radius 3 is 2.74 bits per heavy atom. The first-order valence-corrected chi connectivity index (χ1v) is 8.27. The number of likely N-dealkylation sites (tertiary alicyclic amines) is 1. The predicted octanol–water partition coefficient (Wildman–Crippen LogP) is 2.28. The summed E-state index contributed by atoms with van der Waals surface area (Å²) in [7, 11) is 1.67. The van der Waals surface area contributed by atoms with Crippen LogP contribution in [0.1, 0.15) is 38.7 Å². The van der Waals surface area contributed by atoms with E-state index in [0.29, 0.717) is 19.5 Å². The second kappa shape index (κ2) is 5.71. The molecule has 2 amide bonds. The van der Waals surface area contributed by atoms with Gasteiger partial charge in [0.25, 0.3) is 0 Å². The summed E-state index contributed by atoms with van der Waals surface area (Å²) in [5.74, 6) is 0.851. The van der Waals surface area contributed by atoms with Crippen LogP contribution in [0.15, 0.2) is 24.3 Å². The molecule has 1 saturated carbocycles. The normalized spacial score (nSPS) is 24.3. The van der Waals surface area contributed by atoms with Crippen molar-refractivity contribution in [2.45, 2.75) is 50.2 Å². The van der Waals surface area contributed by atoms with Crippen molar-refractivity contribution in [1.82, 2.24) is 10.2 Å². The lowest BCUT2D eigenvalue weighted by Gasteiger charge is -2.34. The topological polar surface area (TPSA) is 61.8 Å². The number of nitrogens with one attached hydrogen (secondary N) is 1. The number of rotatable bonds is 4. The van der Waals surface area contributed by atoms with Gasteiger partial charge >= 0.3 is 6.03 Å². The molecule has 2 N–H and O–H groups in total. The lowest BCUT2D eigenvalue weighted by Crippen LogP contribution is -2.52. The van der Waals surface area contributed by atoms with Gasteiger partial charge in [0.05, 0.1) is 18.8 Å². The average molecular weight is 318 g/mol. The number of aliphatic hydroxyl groups is 1. The zero-order chi connectivity index (χ0) is 16.7. The minimum Gasteiger partial charge on any atom is -0.497 e. The summed E-state index contributed by atoms with van der Waals surface area (Å²) in [5.41, 5.74) is 0.751. The van der Waals surface area contributed by atoms with E-state index in [1.165, 1.54) is 5.56 Å². The molecule has 1 heterocycles. The van der Waals surface area contributed by atoms with Crippen molar-refractivity contribution in [2.24, 2.45) is 0 Å². The molecule has 5 heteroatoms. The second-order valence-electron chi connectivity index (χ2n) is 7.28. The summed E-state index contributed by atoms with van der Waals surface area (Å²) in [6.07, 6.45) is 2.34. The molecule has 23 heavy (non-hydrogen) atoms. The van der Waals surface area contributed by atoms with Crippen molar-refractivity contribution in [3.05, 3.63) is 29.8 Å². The van der Waals surface area contributed by atoms with Crippen LogP contribution < -0.4 is 10.1 Å². The third-order valence-corrected chi connectivity index (χ3v) is 5.50. The number of carbonyl (C=O) groups excluding carboxylic acids is 1. The zero-order valence-electron chi connectivity index (χ0n) is 14.1. The van der Waals surface area contributed by atoms with Crippen LogP contribution in [0.3, 0.4) is 0 Å². The van der Waals surface area contributed by atoms with Crippen LogP contribution in [-0.4, -0.2) is 47.9 Å². The summed E-state index contributed by atoms with van der Waals surface area (Å²) >= 11 is 0. The first-order chi connectivity index (χ1) is 10.9. The first kappa shape index (κ1) is 16.1. The highest BCUT2D eigenvalue weighted by atomic mass is 16.5. The molecule has 126 valence electrons. The third-order valence-electron chi connectivity index (χ3n) is 5.50. The molecular weight excluding hydrogens is 292 g/mol. The van der Waals surface area contributed by atoms with E-state index in [2.05, 4.69) is 17.4 Å². The van der Waals surface area contributed by atoms with Crippen molar-refractivity contribution in [3.63, 3.8) is 0 Å². The standard InChI is InChI=1S/C18H26N2O3/c1-17(2)15(21)7-10-20(17)16(22)19-12-18(8-9-18)13-5-4-6-14(11-13)23-3/h4-6,11,15,21H,7-10,12H2,1-3H3,(H,19,22). The SMILES string of the molecule is COc1cccc(C2(CNC(=O)N3CCC(O)C3(C)C)CC2)c1. The smallest absolute Gasteiger partial charge is 0.317 e. The quantitative estimate of drug-likeness (QED) is 0.895. The highest BCUT2D eigenvalue weighted by molar-refractivity contribution is 5.75. The Morgan fingerprint density at radius 2 is 2.17 bits per heavy atom. The van der Waals surface area contributed by atoms with E-state index in [4.69, 9.17) is 4.74 Å². The summed E-state index contributed by atoms with van der Waals surface area (Å²) in [6.45, 7) is 5.06. The van der Waals surface area contributed by atoms with Crippen molar-refractivity contribution in [2.75, 3.05) is 20.2 Å². The van der Waals surface area contributed by atoms with Gasteiger partial charge in [0.15, 0.2) is 0 Å². The molecule has 2 fully saturated rings. The van der Waals surface area contributed by atoms with Crippen LogP contribution in [0.5, 0.6) is 5.75 Å². The van der Waals surface area contributed by atoms with Gasteiger partial charge in [-0.25, -0.2) is 4.79 Å². The monoisotopic (exact) mass is 318 g/mol. The molecule has 1 atom stereocenters. The van der Waals surface area contributed by atoms with E-state index >= 15 is 0 Å². The van der Waals surface area contributed by atoms with Crippen molar-refractivity contribution < 1.29 is 14.6 Å². The van der Waals surface area contributed by atoms with Gasteiger partial charge < -0.3 is 20.1 Å². The first-order valence-electron chi connectivity index (χ1n) is 8.27. The van der Waals surface area contributed by atoms with Crippen LogP contribution in [0, 0.1) is 0 Å². The van der Waals surface area contributed by atoms with Gasteiger partial charge in [-0.1, -0.05) is 12.1 Å². The average Bonchev–Trinajstić information content (AvgIpc) is 3.28. The molecule has 5 nitrogen and oxygen atoms in total. The van der Waals surface area contributed by atoms with Crippen molar-refractivity contribution in [1.29, 1.82) is 0 Å². The predicted molar refractivity (Wildman–Crippen MR) is 88.7 cm³/mol. The van der Waals surface area contributed by atoms with Gasteiger partial charge in [-0.15, -0.1) is 0 Å². The minimum atomic E-state index is -0.503. The van der Waals surface area contributed by atoms with Crippen molar-refractivity contribution >= 4 is 6.03 Å². The number of ether oxygens (including phenoxy) is 1. The maximum absolute atomic E-state index is 12.5. The number of methoxy groups -OCH3 is 1. The molecule has 2 aliphatic rings. The molecule has 1 aromatic rings. The number of amides is 2. The van der Waals surface area contributed by atoms with Gasteiger partial charge in [-0.2, -0.15) is 0 Å². The number of hydrogen-bond acceptors (Lipinski definition) is 3. The Labute approximate surface area is 137 Å². The fourth-order valence-electron chi connectivity index (χ4n) is 3.45. The Hall–Kier alpha value is -1.75. The van der Waals surface area contributed by atoms with E-state index < -0.39 is 11.6 Å². The fourth-order valence-corrected chi connectivity index (χ4v) is 3.45. The van der Waals surface area contributed by atoms with Crippen LogP contribution in [0.2, 0.25) is 0 Å². The summed E-state index contributed by atoms with van der Waals surface area (Å²) in [6, 6.07) is 8.01. The largest absolute Gasteiger partial charge is 0.497 e. The molecule has 0 spiro atoms. The zero-order valence-corrected chi connectivity index (χ0v) is 14.1. The Bertz CT molecular complexity index is 596. The molecule has 0 aromatic heterocycles. The Morgan fingerprint density at radius 1 is 1.43 bits per heavy atom. The molecule has 0 bridgehead atoms. The minimum absolute atomic E-state index is 0.0344. The Kier molecular flexibility index (Phi) is 4.00.